The van der Waals surface area contributed by atoms with E-state index >= 15 is 0 Å². The van der Waals surface area contributed by atoms with Gasteiger partial charge in [0.2, 0.25) is 5.91 Å². The molecule has 0 spiro atoms. The first-order valence-electron chi connectivity index (χ1n) is 6.59. The zero-order chi connectivity index (χ0) is 13.4. The van der Waals surface area contributed by atoms with Gasteiger partial charge in [0.25, 0.3) is 0 Å². The smallest absolute Gasteiger partial charge is 0.239 e. The fraction of sp³-hybridized carbons (Fsp3) is 0.786. The number of hydrogen-bond donors (Lipinski definition) is 1. The Morgan fingerprint density at radius 3 is 2.12 bits per heavy atom. The van der Waals surface area contributed by atoms with Gasteiger partial charge >= 0.3 is 0 Å². The highest BCUT2D eigenvalue weighted by molar-refractivity contribution is 5.82. The highest BCUT2D eigenvalue weighted by Gasteiger charge is 2.24. The Morgan fingerprint density at radius 2 is 1.76 bits per heavy atom. The minimum absolute atomic E-state index is 0.0782. The summed E-state index contributed by atoms with van der Waals surface area (Å²) in [6.45, 7) is 14.7. The van der Waals surface area contributed by atoms with Gasteiger partial charge in [0, 0.05) is 19.6 Å². The quantitative estimate of drug-likeness (QED) is 0.693. The maximum atomic E-state index is 12.3. The van der Waals surface area contributed by atoms with Gasteiger partial charge in [0.1, 0.15) is 0 Å². The van der Waals surface area contributed by atoms with Crippen molar-refractivity contribution in [2.24, 2.45) is 5.92 Å². The summed E-state index contributed by atoms with van der Waals surface area (Å²) in [6, 6.07) is -0.0782. The fourth-order valence-electron chi connectivity index (χ4n) is 1.73. The molecule has 1 N–H and O–H groups in total. The topological polar surface area (TPSA) is 32.3 Å². The van der Waals surface area contributed by atoms with E-state index in [4.69, 9.17) is 0 Å². The van der Waals surface area contributed by atoms with Gasteiger partial charge in [-0.2, -0.15) is 0 Å². The van der Waals surface area contributed by atoms with E-state index in [0.29, 0.717) is 5.92 Å². The summed E-state index contributed by atoms with van der Waals surface area (Å²) >= 11 is 0. The lowest BCUT2D eigenvalue weighted by Crippen LogP contribution is -2.49. The number of carbonyl (C=O) groups is 1. The number of carbonyl (C=O) groups excluding carboxylic acids is 1. The summed E-state index contributed by atoms with van der Waals surface area (Å²) in [6.07, 6.45) is 2.12. The van der Waals surface area contributed by atoms with E-state index in [1.807, 2.05) is 18.7 Å². The fourth-order valence-corrected chi connectivity index (χ4v) is 1.73. The molecular formula is C14H28N2O. The second-order valence-corrected chi connectivity index (χ2v) is 4.92. The largest absolute Gasteiger partial charge is 0.342 e. The number of nitrogens with one attached hydrogen (secondary N) is 1. The molecule has 1 atom stereocenters. The van der Waals surface area contributed by atoms with Gasteiger partial charge in [-0.1, -0.05) is 25.5 Å². The Morgan fingerprint density at radius 1 is 1.24 bits per heavy atom. The lowest BCUT2D eigenvalue weighted by Gasteiger charge is -2.28. The van der Waals surface area contributed by atoms with Crippen LogP contribution in [-0.2, 0) is 4.79 Å². The molecular weight excluding hydrogens is 212 g/mol. The Kier molecular flexibility index (Phi) is 7.88. The SMILES string of the molecule is CCN(CC)C(=O)C(NCC=C(C)C)C(C)C. The van der Waals surface area contributed by atoms with Gasteiger partial charge in [-0.15, -0.1) is 0 Å². The van der Waals surface area contributed by atoms with Crippen LogP contribution in [0.4, 0.5) is 0 Å². The summed E-state index contributed by atoms with van der Waals surface area (Å²) in [5.41, 5.74) is 1.27. The molecule has 0 saturated heterocycles. The first-order valence-corrected chi connectivity index (χ1v) is 6.59. The van der Waals surface area contributed by atoms with E-state index < -0.39 is 0 Å². The van der Waals surface area contributed by atoms with Crippen LogP contribution in [0.15, 0.2) is 11.6 Å². The molecule has 0 aliphatic rings. The lowest BCUT2D eigenvalue weighted by molar-refractivity contribution is -0.134. The molecule has 0 fully saturated rings. The molecule has 0 bridgehead atoms. The van der Waals surface area contributed by atoms with Crippen LogP contribution in [0, 0.1) is 5.92 Å². The third-order valence-corrected chi connectivity index (χ3v) is 2.86. The van der Waals surface area contributed by atoms with Crippen LogP contribution in [0.1, 0.15) is 41.5 Å². The standard InChI is InChI=1S/C14H28N2O/c1-7-16(8-2)14(17)13(12(5)6)15-10-9-11(3)4/h9,12-13,15H,7-8,10H2,1-6H3. The van der Waals surface area contributed by atoms with Crippen LogP contribution in [0.2, 0.25) is 0 Å². The molecule has 1 amide bonds. The highest BCUT2D eigenvalue weighted by Crippen LogP contribution is 2.06. The van der Waals surface area contributed by atoms with E-state index in [0.717, 1.165) is 19.6 Å². The van der Waals surface area contributed by atoms with Gasteiger partial charge in [-0.3, -0.25) is 4.79 Å². The molecule has 0 aromatic heterocycles. The molecule has 3 heteroatoms. The Balaban J connectivity index is 4.51. The van der Waals surface area contributed by atoms with Crippen LogP contribution in [0.25, 0.3) is 0 Å². The summed E-state index contributed by atoms with van der Waals surface area (Å²) in [4.78, 5) is 14.2. The van der Waals surface area contributed by atoms with Crippen molar-refractivity contribution in [1.82, 2.24) is 10.2 Å². The molecule has 100 valence electrons. The average Bonchev–Trinajstić information content (AvgIpc) is 2.25. The molecule has 17 heavy (non-hydrogen) atoms. The molecule has 0 rings (SSSR count). The number of rotatable bonds is 7. The predicted molar refractivity (Wildman–Crippen MR) is 74.0 cm³/mol. The van der Waals surface area contributed by atoms with Crippen molar-refractivity contribution in [3.8, 4) is 0 Å². The van der Waals surface area contributed by atoms with Crippen molar-refractivity contribution in [1.29, 1.82) is 0 Å². The van der Waals surface area contributed by atoms with Crippen LogP contribution >= 0.6 is 0 Å². The summed E-state index contributed by atoms with van der Waals surface area (Å²) < 4.78 is 0. The Hall–Kier alpha value is -0.830. The molecule has 1 unspecified atom stereocenters. The number of allylic oxidation sites excluding steroid dienone is 1. The van der Waals surface area contributed by atoms with Crippen LogP contribution in [-0.4, -0.2) is 36.5 Å². The average molecular weight is 240 g/mol. The molecule has 0 aromatic carbocycles. The van der Waals surface area contributed by atoms with E-state index in [-0.39, 0.29) is 11.9 Å². The normalized spacial score (nSPS) is 12.4. The van der Waals surface area contributed by atoms with Crippen molar-refractivity contribution in [3.05, 3.63) is 11.6 Å². The maximum Gasteiger partial charge on any atom is 0.239 e. The number of nitrogens with zero attached hydrogens (tertiary/aromatic N) is 1. The zero-order valence-corrected chi connectivity index (χ0v) is 12.2. The predicted octanol–water partition coefficient (Wildman–Crippen LogP) is 2.44. The highest BCUT2D eigenvalue weighted by atomic mass is 16.2. The molecule has 0 saturated carbocycles. The number of likely N-dealkylation sites (N-methyl/N-ethyl adjacent to an activating group) is 1. The Labute approximate surface area is 106 Å². The molecule has 0 aromatic rings. The van der Waals surface area contributed by atoms with Crippen molar-refractivity contribution in [2.45, 2.75) is 47.6 Å². The van der Waals surface area contributed by atoms with Crippen molar-refractivity contribution < 1.29 is 4.79 Å². The number of hydrogen-bond acceptors (Lipinski definition) is 2. The lowest BCUT2D eigenvalue weighted by atomic mass is 10.0. The third kappa shape index (κ3) is 5.87. The molecule has 0 heterocycles. The van der Waals surface area contributed by atoms with Gasteiger partial charge in [0.05, 0.1) is 6.04 Å². The third-order valence-electron chi connectivity index (χ3n) is 2.86. The second-order valence-electron chi connectivity index (χ2n) is 4.92. The van der Waals surface area contributed by atoms with Crippen LogP contribution < -0.4 is 5.32 Å². The van der Waals surface area contributed by atoms with Gasteiger partial charge in [-0.05, 0) is 33.6 Å². The van der Waals surface area contributed by atoms with Crippen LogP contribution in [0.5, 0.6) is 0 Å². The van der Waals surface area contributed by atoms with Crippen molar-refractivity contribution in [3.63, 3.8) is 0 Å². The van der Waals surface area contributed by atoms with E-state index in [1.54, 1.807) is 0 Å². The summed E-state index contributed by atoms with van der Waals surface area (Å²) in [5, 5.41) is 3.33. The van der Waals surface area contributed by atoms with Gasteiger partial charge < -0.3 is 10.2 Å². The summed E-state index contributed by atoms with van der Waals surface area (Å²) in [7, 11) is 0. The molecule has 0 radical (unpaired) electrons. The van der Waals surface area contributed by atoms with E-state index in [9.17, 15) is 4.79 Å². The molecule has 0 aliphatic carbocycles. The van der Waals surface area contributed by atoms with Crippen molar-refractivity contribution >= 4 is 5.91 Å². The maximum absolute atomic E-state index is 12.3. The minimum atomic E-state index is -0.0782. The van der Waals surface area contributed by atoms with Crippen LogP contribution in [0.3, 0.4) is 0 Å². The number of amides is 1. The molecule has 3 nitrogen and oxygen atoms in total. The van der Waals surface area contributed by atoms with Gasteiger partial charge in [-0.25, -0.2) is 0 Å². The zero-order valence-electron chi connectivity index (χ0n) is 12.2. The summed E-state index contributed by atoms with van der Waals surface area (Å²) in [5.74, 6) is 0.529. The van der Waals surface area contributed by atoms with Crippen molar-refractivity contribution in [2.75, 3.05) is 19.6 Å². The van der Waals surface area contributed by atoms with E-state index in [2.05, 4.69) is 39.1 Å². The monoisotopic (exact) mass is 240 g/mol. The first-order chi connectivity index (χ1) is 7.93. The Bertz CT molecular complexity index is 251. The van der Waals surface area contributed by atoms with Gasteiger partial charge in [0.15, 0.2) is 0 Å². The second kappa shape index (κ2) is 8.29. The first kappa shape index (κ1) is 16.2. The minimum Gasteiger partial charge on any atom is -0.342 e. The molecule has 0 aliphatic heterocycles. The van der Waals surface area contributed by atoms with E-state index in [1.165, 1.54) is 5.57 Å².